The van der Waals surface area contributed by atoms with Crippen molar-refractivity contribution in [2.24, 2.45) is 0 Å². The largest absolute Gasteiger partial charge is 0.236 e. The zero-order chi connectivity index (χ0) is 26.5. The number of benzene rings is 6. The highest BCUT2D eigenvalue weighted by molar-refractivity contribution is 7.22. The Balaban J connectivity index is 1.12. The molecule has 8 rings (SSSR count). The van der Waals surface area contributed by atoms with E-state index in [1.807, 2.05) is 12.1 Å². The quantitative estimate of drug-likeness (QED) is 0.219. The highest BCUT2D eigenvalue weighted by atomic mass is 32.1. The molecule has 188 valence electrons. The summed E-state index contributed by atoms with van der Waals surface area (Å²) in [5.74, 6) is 0. The van der Waals surface area contributed by atoms with Gasteiger partial charge >= 0.3 is 0 Å². The molecule has 0 atom stereocenters. The monoisotopic (exact) mass is 546 g/mol. The Hall–Kier alpha value is -4.64. The van der Waals surface area contributed by atoms with Crippen LogP contribution >= 0.6 is 22.7 Å². The molecule has 0 N–H and O–H groups in total. The van der Waals surface area contributed by atoms with E-state index in [0.717, 1.165) is 32.2 Å². The van der Waals surface area contributed by atoms with Gasteiger partial charge in [0.15, 0.2) is 0 Å². The molecule has 4 heteroatoms. The molecular weight excluding hydrogens is 525 g/mol. The van der Waals surface area contributed by atoms with E-state index in [9.17, 15) is 0 Å². The van der Waals surface area contributed by atoms with Gasteiger partial charge in [0.05, 0.1) is 20.4 Å². The van der Waals surface area contributed by atoms with Crippen LogP contribution in [-0.4, -0.2) is 9.97 Å². The highest BCUT2D eigenvalue weighted by Gasteiger charge is 2.12. The van der Waals surface area contributed by atoms with E-state index >= 15 is 0 Å². The van der Waals surface area contributed by atoms with Gasteiger partial charge in [-0.25, -0.2) is 9.97 Å². The minimum atomic E-state index is 1.04. The molecular formula is C36H22N2S2. The van der Waals surface area contributed by atoms with Gasteiger partial charge in [-0.1, -0.05) is 109 Å². The molecule has 2 aromatic heterocycles. The lowest BCUT2D eigenvalue weighted by Crippen LogP contribution is -1.80. The summed E-state index contributed by atoms with van der Waals surface area (Å²) in [7, 11) is 0. The van der Waals surface area contributed by atoms with Crippen LogP contribution in [0.3, 0.4) is 0 Å². The number of thiazole rings is 2. The van der Waals surface area contributed by atoms with Gasteiger partial charge in [-0.15, -0.1) is 22.7 Å². The van der Waals surface area contributed by atoms with Crippen molar-refractivity contribution >= 4 is 53.9 Å². The van der Waals surface area contributed by atoms with Crippen LogP contribution in [0.15, 0.2) is 133 Å². The van der Waals surface area contributed by atoms with Crippen molar-refractivity contribution in [1.82, 2.24) is 9.97 Å². The molecule has 0 aliphatic carbocycles. The third-order valence-electron chi connectivity index (χ3n) is 7.33. The second kappa shape index (κ2) is 9.53. The van der Waals surface area contributed by atoms with Crippen molar-refractivity contribution in [1.29, 1.82) is 0 Å². The van der Waals surface area contributed by atoms with Crippen LogP contribution in [0.25, 0.3) is 74.6 Å². The summed E-state index contributed by atoms with van der Waals surface area (Å²) in [5.41, 5.74) is 9.27. The van der Waals surface area contributed by atoms with Crippen LogP contribution < -0.4 is 0 Å². The second-order valence-corrected chi connectivity index (χ2v) is 12.0. The average molecular weight is 547 g/mol. The van der Waals surface area contributed by atoms with Gasteiger partial charge in [-0.2, -0.15) is 0 Å². The predicted octanol–water partition coefficient (Wildman–Crippen LogP) is 10.7. The van der Waals surface area contributed by atoms with Crippen LogP contribution in [0.5, 0.6) is 0 Å². The lowest BCUT2D eigenvalue weighted by molar-refractivity contribution is 1.48. The summed E-state index contributed by atoms with van der Waals surface area (Å²) in [6.45, 7) is 0. The maximum Gasteiger partial charge on any atom is 0.124 e. The summed E-state index contributed by atoms with van der Waals surface area (Å²) >= 11 is 3.49. The topological polar surface area (TPSA) is 25.8 Å². The molecule has 0 saturated carbocycles. The minimum absolute atomic E-state index is 1.04. The molecule has 0 bridgehead atoms. The molecule has 8 aromatic rings. The van der Waals surface area contributed by atoms with Crippen LogP contribution in [0.4, 0.5) is 0 Å². The van der Waals surface area contributed by atoms with Crippen molar-refractivity contribution < 1.29 is 0 Å². The molecule has 2 heterocycles. The van der Waals surface area contributed by atoms with Gasteiger partial charge in [-0.05, 0) is 57.3 Å². The molecule has 40 heavy (non-hydrogen) atoms. The number of fused-ring (bicyclic) bond motifs is 3. The lowest BCUT2D eigenvalue weighted by Gasteiger charge is -2.02. The number of nitrogens with zero attached hydrogens (tertiary/aromatic N) is 2. The van der Waals surface area contributed by atoms with E-state index in [2.05, 4.69) is 121 Å². The third kappa shape index (κ3) is 4.19. The van der Waals surface area contributed by atoms with Crippen LogP contribution in [0, 0.1) is 0 Å². The minimum Gasteiger partial charge on any atom is -0.236 e. The maximum absolute atomic E-state index is 5.01. The fourth-order valence-electron chi connectivity index (χ4n) is 5.21. The molecule has 0 aliphatic rings. The van der Waals surface area contributed by atoms with E-state index in [4.69, 9.17) is 9.97 Å². The molecule has 0 amide bonds. The highest BCUT2D eigenvalue weighted by Crippen LogP contribution is 2.37. The van der Waals surface area contributed by atoms with Crippen molar-refractivity contribution in [3.63, 3.8) is 0 Å². The predicted molar refractivity (Wildman–Crippen MR) is 172 cm³/mol. The third-order valence-corrected chi connectivity index (χ3v) is 9.47. The normalized spacial score (nSPS) is 11.5. The van der Waals surface area contributed by atoms with E-state index in [1.165, 1.54) is 42.4 Å². The Morgan fingerprint density at radius 2 is 0.700 bits per heavy atom. The van der Waals surface area contributed by atoms with Crippen LogP contribution in [0.1, 0.15) is 0 Å². The van der Waals surface area contributed by atoms with Gasteiger partial charge < -0.3 is 0 Å². The molecule has 0 fully saturated rings. The molecule has 0 spiro atoms. The summed E-state index contributed by atoms with van der Waals surface area (Å²) in [6, 6.07) is 47.3. The summed E-state index contributed by atoms with van der Waals surface area (Å²) < 4.78 is 2.39. The van der Waals surface area contributed by atoms with Gasteiger partial charge in [0.2, 0.25) is 0 Å². The maximum atomic E-state index is 5.01. The first-order valence-electron chi connectivity index (χ1n) is 13.2. The Bertz CT molecular complexity index is 1900. The number of hydrogen-bond donors (Lipinski definition) is 0. The molecule has 2 nitrogen and oxygen atoms in total. The van der Waals surface area contributed by atoms with Crippen molar-refractivity contribution in [3.8, 4) is 43.4 Å². The van der Waals surface area contributed by atoms with Crippen molar-refractivity contribution in [3.05, 3.63) is 133 Å². The Labute approximate surface area is 239 Å². The average Bonchev–Trinajstić information content (AvgIpc) is 3.63. The summed E-state index contributed by atoms with van der Waals surface area (Å²) in [4.78, 5) is 10.0. The van der Waals surface area contributed by atoms with Crippen molar-refractivity contribution in [2.45, 2.75) is 0 Å². The first kappa shape index (κ1) is 23.3. The van der Waals surface area contributed by atoms with E-state index in [-0.39, 0.29) is 0 Å². The van der Waals surface area contributed by atoms with E-state index in [0.29, 0.717) is 0 Å². The van der Waals surface area contributed by atoms with Crippen molar-refractivity contribution in [2.75, 3.05) is 0 Å². The number of aromatic nitrogens is 2. The molecule has 0 saturated heterocycles. The van der Waals surface area contributed by atoms with E-state index < -0.39 is 0 Å². The lowest BCUT2D eigenvalue weighted by atomic mass is 10.0. The van der Waals surface area contributed by atoms with Crippen LogP contribution in [0.2, 0.25) is 0 Å². The Morgan fingerprint density at radius 1 is 0.350 bits per heavy atom. The van der Waals surface area contributed by atoms with Gasteiger partial charge in [0, 0.05) is 11.1 Å². The van der Waals surface area contributed by atoms with Gasteiger partial charge in [-0.3, -0.25) is 0 Å². The summed E-state index contributed by atoms with van der Waals surface area (Å²) in [6.07, 6.45) is 0. The Kier molecular flexibility index (Phi) is 5.54. The fourth-order valence-corrected chi connectivity index (χ4v) is 7.22. The second-order valence-electron chi connectivity index (χ2n) is 9.91. The van der Waals surface area contributed by atoms with E-state index in [1.54, 1.807) is 22.7 Å². The summed E-state index contributed by atoms with van der Waals surface area (Å²) in [5, 5.41) is 4.49. The standard InChI is InChI=1S/C36H22N2S2/c1-3-7-23(8-4-1)25-11-15-27(16-12-25)35-37-31-19-29-22-34-32(20-30(29)21-33(31)39-35)38-36(40-34)28-17-13-26(14-18-28)24-9-5-2-6-10-24/h1-22H. The first-order chi connectivity index (χ1) is 19.8. The molecule has 0 radical (unpaired) electrons. The molecule has 0 aliphatic heterocycles. The fraction of sp³-hybridized carbons (Fsp3) is 0. The van der Waals surface area contributed by atoms with Crippen LogP contribution in [-0.2, 0) is 0 Å². The number of hydrogen-bond acceptors (Lipinski definition) is 4. The SMILES string of the molecule is c1ccc(-c2ccc(-c3nc4cc5cc6sc(-c7ccc(-c8ccccc8)cc7)nc6cc5cc4s3)cc2)cc1. The molecule has 0 unspecified atom stereocenters. The zero-order valence-electron chi connectivity index (χ0n) is 21.4. The van der Waals surface area contributed by atoms with Gasteiger partial charge in [0.25, 0.3) is 0 Å². The Morgan fingerprint density at radius 3 is 1.10 bits per heavy atom. The van der Waals surface area contributed by atoms with Gasteiger partial charge in [0.1, 0.15) is 10.0 Å². The first-order valence-corrected chi connectivity index (χ1v) is 14.9. The zero-order valence-corrected chi connectivity index (χ0v) is 23.0. The molecule has 6 aromatic carbocycles. The smallest absolute Gasteiger partial charge is 0.124 e. The number of rotatable bonds is 4.